The number of nitrogens with zero attached hydrogens (tertiary/aromatic N) is 2. The van der Waals surface area contributed by atoms with Gasteiger partial charge in [-0.25, -0.2) is 9.59 Å². The van der Waals surface area contributed by atoms with E-state index in [0.29, 0.717) is 0 Å². The molecular weight excluding hydrogens is 354 g/mol. The van der Waals surface area contributed by atoms with Crippen LogP contribution in [0.1, 0.15) is 45.4 Å². The third-order valence-corrected chi connectivity index (χ3v) is 4.68. The van der Waals surface area contributed by atoms with E-state index < -0.39 is 36.3 Å². The first-order valence-corrected chi connectivity index (χ1v) is 8.87. The summed E-state index contributed by atoms with van der Waals surface area (Å²) in [7, 11) is 0. The molecule has 0 aromatic carbocycles. The summed E-state index contributed by atoms with van der Waals surface area (Å²) >= 11 is 0. The van der Waals surface area contributed by atoms with E-state index in [1.54, 1.807) is 6.92 Å². The molecule has 2 rings (SSSR count). The zero-order valence-electron chi connectivity index (χ0n) is 15.6. The van der Waals surface area contributed by atoms with E-state index in [1.165, 1.54) is 6.20 Å². The normalized spacial score (nSPS) is 24.6. The Morgan fingerprint density at radius 1 is 1.44 bits per heavy atom. The van der Waals surface area contributed by atoms with Gasteiger partial charge < -0.3 is 19.7 Å². The summed E-state index contributed by atoms with van der Waals surface area (Å²) in [6, 6.07) is 0. The van der Waals surface area contributed by atoms with Crippen LogP contribution in [0.4, 0.5) is 10.6 Å². The maximum absolute atomic E-state index is 12.3. The molecule has 1 saturated heterocycles. The van der Waals surface area contributed by atoms with Gasteiger partial charge in [-0.15, -0.1) is 6.42 Å². The van der Waals surface area contributed by atoms with Crippen LogP contribution in [0.3, 0.4) is 0 Å². The van der Waals surface area contributed by atoms with E-state index in [4.69, 9.17) is 15.9 Å². The minimum absolute atomic E-state index is 0.110. The van der Waals surface area contributed by atoms with Gasteiger partial charge in [0, 0.05) is 6.20 Å². The molecule has 1 aliphatic rings. The smallest absolute Gasteiger partial charge is 0.412 e. The van der Waals surface area contributed by atoms with E-state index in [0.717, 1.165) is 17.4 Å². The Kier molecular flexibility index (Phi) is 6.96. The van der Waals surface area contributed by atoms with Crippen molar-refractivity contribution in [1.29, 1.82) is 0 Å². The number of hydrogen-bond acceptors (Lipinski definition) is 7. The summed E-state index contributed by atoms with van der Waals surface area (Å²) in [5.74, 6) is 2.46. The van der Waals surface area contributed by atoms with Crippen LogP contribution in [0, 0.1) is 18.3 Å². The van der Waals surface area contributed by atoms with Crippen LogP contribution < -0.4 is 11.0 Å². The minimum Gasteiger partial charge on any atom is -0.449 e. The zero-order valence-corrected chi connectivity index (χ0v) is 15.6. The summed E-state index contributed by atoms with van der Waals surface area (Å²) in [6.45, 7) is 5.83. The molecule has 9 heteroatoms. The van der Waals surface area contributed by atoms with Crippen molar-refractivity contribution in [3.8, 4) is 12.3 Å². The zero-order chi connectivity index (χ0) is 20.1. The van der Waals surface area contributed by atoms with Crippen LogP contribution in [-0.4, -0.2) is 50.8 Å². The first-order chi connectivity index (χ1) is 12.8. The first kappa shape index (κ1) is 20.9. The van der Waals surface area contributed by atoms with Crippen molar-refractivity contribution < 1.29 is 24.5 Å². The van der Waals surface area contributed by atoms with Gasteiger partial charge in [0.15, 0.2) is 12.0 Å². The molecule has 1 fully saturated rings. The number of aromatic nitrogens is 2. The van der Waals surface area contributed by atoms with Gasteiger partial charge in [-0.3, -0.25) is 9.88 Å². The quantitative estimate of drug-likeness (QED) is 0.626. The number of amides is 1. The second-order valence-corrected chi connectivity index (χ2v) is 6.46. The lowest BCUT2D eigenvalue weighted by atomic mass is 10.1. The number of terminal acetylenes is 1. The molecular formula is C18H25N3O6. The summed E-state index contributed by atoms with van der Waals surface area (Å²) in [4.78, 5) is 28.0. The highest BCUT2D eigenvalue weighted by Gasteiger charge is 2.42. The van der Waals surface area contributed by atoms with Crippen molar-refractivity contribution in [3.63, 3.8) is 0 Å². The SMILES string of the molecule is C#Cc1cn([C@@H]2O[C@H](C)C(O)C2O)c(=O)nc1NC(=O)OCC(CC)CC. The summed E-state index contributed by atoms with van der Waals surface area (Å²) in [5.41, 5.74) is -0.687. The highest BCUT2D eigenvalue weighted by atomic mass is 16.6. The van der Waals surface area contributed by atoms with E-state index >= 15 is 0 Å². The predicted molar refractivity (Wildman–Crippen MR) is 97.1 cm³/mol. The maximum Gasteiger partial charge on any atom is 0.412 e. The Hall–Kier alpha value is -2.41. The number of nitrogens with one attached hydrogen (secondary N) is 1. The number of anilines is 1. The monoisotopic (exact) mass is 379 g/mol. The van der Waals surface area contributed by atoms with Crippen molar-refractivity contribution in [1.82, 2.24) is 9.55 Å². The van der Waals surface area contributed by atoms with E-state index in [-0.39, 0.29) is 23.9 Å². The lowest BCUT2D eigenvalue weighted by Gasteiger charge is -2.18. The van der Waals surface area contributed by atoms with Crippen LogP contribution >= 0.6 is 0 Å². The highest BCUT2D eigenvalue weighted by molar-refractivity contribution is 5.84. The van der Waals surface area contributed by atoms with Gasteiger partial charge in [0.25, 0.3) is 0 Å². The molecule has 0 radical (unpaired) electrons. The number of aliphatic hydroxyl groups is 2. The first-order valence-electron chi connectivity index (χ1n) is 8.87. The van der Waals surface area contributed by atoms with Crippen molar-refractivity contribution in [2.24, 2.45) is 5.92 Å². The third-order valence-electron chi connectivity index (χ3n) is 4.68. The molecule has 1 aromatic heterocycles. The van der Waals surface area contributed by atoms with Crippen molar-refractivity contribution >= 4 is 11.9 Å². The molecule has 2 heterocycles. The van der Waals surface area contributed by atoms with E-state index in [2.05, 4.69) is 16.2 Å². The summed E-state index contributed by atoms with van der Waals surface area (Å²) in [6.07, 6.45) is 3.44. The Labute approximate surface area is 157 Å². The second-order valence-electron chi connectivity index (χ2n) is 6.46. The molecule has 27 heavy (non-hydrogen) atoms. The molecule has 4 atom stereocenters. The Morgan fingerprint density at radius 3 is 2.63 bits per heavy atom. The van der Waals surface area contributed by atoms with Crippen molar-refractivity contribution in [3.05, 3.63) is 22.2 Å². The molecule has 1 amide bonds. The van der Waals surface area contributed by atoms with Crippen LogP contribution in [-0.2, 0) is 9.47 Å². The molecule has 2 unspecified atom stereocenters. The molecule has 0 bridgehead atoms. The molecule has 0 aliphatic carbocycles. The van der Waals surface area contributed by atoms with Crippen LogP contribution in [0.2, 0.25) is 0 Å². The average molecular weight is 379 g/mol. The van der Waals surface area contributed by atoms with Gasteiger partial charge in [0.05, 0.1) is 18.3 Å². The molecule has 1 aromatic rings. The molecule has 1 aliphatic heterocycles. The van der Waals surface area contributed by atoms with Crippen molar-refractivity contribution in [2.45, 2.75) is 58.2 Å². The standard InChI is InChI=1S/C18H25N3O6/c1-5-11(6-2)9-26-18(25)20-15-12(7-3)8-21(17(24)19-15)16-14(23)13(22)10(4)27-16/h3,8,10-11,13-14,16,22-23H,5-6,9H2,1-2,4H3,(H,19,20,24,25)/t10-,13?,14?,16-/m1/s1. The highest BCUT2D eigenvalue weighted by Crippen LogP contribution is 2.28. The van der Waals surface area contributed by atoms with Gasteiger partial charge in [-0.1, -0.05) is 32.6 Å². The maximum atomic E-state index is 12.3. The van der Waals surface area contributed by atoms with E-state index in [1.807, 2.05) is 13.8 Å². The molecule has 148 valence electrons. The Morgan fingerprint density at radius 2 is 2.11 bits per heavy atom. The van der Waals surface area contributed by atoms with Crippen LogP contribution in [0.15, 0.2) is 11.0 Å². The average Bonchev–Trinajstić information content (AvgIpc) is 2.90. The fraction of sp³-hybridized carbons (Fsp3) is 0.611. The number of hydrogen-bond donors (Lipinski definition) is 3. The molecule has 0 saturated carbocycles. The molecule has 3 N–H and O–H groups in total. The van der Waals surface area contributed by atoms with Gasteiger partial charge >= 0.3 is 11.8 Å². The fourth-order valence-corrected chi connectivity index (χ4v) is 2.76. The molecule has 9 nitrogen and oxygen atoms in total. The van der Waals surface area contributed by atoms with Gasteiger partial charge in [0.1, 0.15) is 12.2 Å². The third kappa shape index (κ3) is 4.66. The van der Waals surface area contributed by atoms with Crippen molar-refractivity contribution in [2.75, 3.05) is 11.9 Å². The minimum atomic E-state index is -1.31. The number of rotatable bonds is 6. The van der Waals surface area contributed by atoms with E-state index in [9.17, 15) is 19.8 Å². The van der Waals surface area contributed by atoms with Crippen LogP contribution in [0.5, 0.6) is 0 Å². The predicted octanol–water partition coefficient (Wildman–Crippen LogP) is 0.848. The van der Waals surface area contributed by atoms with Gasteiger partial charge in [0.2, 0.25) is 0 Å². The Balaban J connectivity index is 2.18. The van der Waals surface area contributed by atoms with Gasteiger partial charge in [-0.05, 0) is 12.8 Å². The largest absolute Gasteiger partial charge is 0.449 e. The fourth-order valence-electron chi connectivity index (χ4n) is 2.76. The number of carbonyl (C=O) groups is 1. The summed E-state index contributed by atoms with van der Waals surface area (Å²) < 4.78 is 11.5. The Bertz CT molecular complexity index is 767. The summed E-state index contributed by atoms with van der Waals surface area (Å²) in [5, 5.41) is 22.2. The lowest BCUT2D eigenvalue weighted by Crippen LogP contribution is -2.36. The second kappa shape index (κ2) is 8.99. The number of carbonyl (C=O) groups excluding carboxylic acids is 1. The number of ether oxygens (including phenoxy) is 2. The lowest BCUT2D eigenvalue weighted by molar-refractivity contribution is -0.0350. The topological polar surface area (TPSA) is 123 Å². The van der Waals surface area contributed by atoms with Gasteiger partial charge in [-0.2, -0.15) is 4.98 Å². The number of aliphatic hydroxyl groups excluding tert-OH is 2. The molecule has 0 spiro atoms. The van der Waals surface area contributed by atoms with Crippen LogP contribution in [0.25, 0.3) is 0 Å².